The molecular weight excluding hydrogens is 468 g/mol. The molecule has 0 spiro atoms. The van der Waals surface area contributed by atoms with Crippen molar-refractivity contribution in [3.63, 3.8) is 0 Å². The Morgan fingerprint density at radius 2 is 1.97 bits per heavy atom. The Balaban J connectivity index is 1.76. The average molecular weight is 491 g/mol. The third-order valence-corrected chi connectivity index (χ3v) is 5.40. The van der Waals surface area contributed by atoms with Crippen LogP contribution in [-0.2, 0) is 10.5 Å². The lowest BCUT2D eigenvalue weighted by atomic mass is 10.2. The molecule has 2 aromatic heterocycles. The fourth-order valence-corrected chi connectivity index (χ4v) is 3.63. The minimum absolute atomic E-state index is 0.176. The summed E-state index contributed by atoms with van der Waals surface area (Å²) in [7, 11) is 0. The van der Waals surface area contributed by atoms with E-state index >= 15 is 0 Å². The van der Waals surface area contributed by atoms with Crippen LogP contribution in [0.15, 0.2) is 52.4 Å². The van der Waals surface area contributed by atoms with E-state index in [-0.39, 0.29) is 12.0 Å². The number of nitrogens with zero attached hydrogens (tertiary/aromatic N) is 5. The SMILES string of the molecule is CC(C)OCCCNC(=O)c1nnn(-c2ccc(Br)cc2)c1CSc1ncccn1. The van der Waals surface area contributed by atoms with E-state index in [0.717, 1.165) is 16.6 Å². The van der Waals surface area contributed by atoms with Gasteiger partial charge in [0.05, 0.1) is 17.5 Å². The molecular formula is C20H23BrN6O2S. The quantitative estimate of drug-likeness (QED) is 0.263. The molecule has 0 saturated carbocycles. The van der Waals surface area contributed by atoms with Crippen LogP contribution < -0.4 is 5.32 Å². The van der Waals surface area contributed by atoms with Crippen molar-refractivity contribution in [2.45, 2.75) is 37.3 Å². The molecule has 2 heterocycles. The number of halogens is 1. The molecule has 0 saturated heterocycles. The number of rotatable bonds is 10. The van der Waals surface area contributed by atoms with Gasteiger partial charge in [0, 0.05) is 35.8 Å². The first-order valence-electron chi connectivity index (χ1n) is 9.54. The number of benzene rings is 1. The van der Waals surface area contributed by atoms with Gasteiger partial charge in [0.25, 0.3) is 5.91 Å². The van der Waals surface area contributed by atoms with Gasteiger partial charge in [-0.25, -0.2) is 14.6 Å². The Morgan fingerprint density at radius 1 is 1.23 bits per heavy atom. The van der Waals surface area contributed by atoms with Crippen molar-refractivity contribution in [2.75, 3.05) is 13.2 Å². The van der Waals surface area contributed by atoms with Gasteiger partial charge in [-0.1, -0.05) is 32.9 Å². The molecule has 0 radical (unpaired) electrons. The lowest BCUT2D eigenvalue weighted by Gasteiger charge is -2.09. The maximum absolute atomic E-state index is 12.8. The number of amides is 1. The van der Waals surface area contributed by atoms with Crippen LogP contribution >= 0.6 is 27.7 Å². The fourth-order valence-electron chi connectivity index (χ4n) is 2.57. The minimum Gasteiger partial charge on any atom is -0.379 e. The van der Waals surface area contributed by atoms with Gasteiger partial charge in [-0.15, -0.1) is 5.10 Å². The average Bonchev–Trinajstić information content (AvgIpc) is 3.17. The summed E-state index contributed by atoms with van der Waals surface area (Å²) in [6.07, 6.45) is 4.28. The Labute approximate surface area is 188 Å². The first-order valence-corrected chi connectivity index (χ1v) is 11.3. The second-order valence-corrected chi connectivity index (χ2v) is 8.48. The summed E-state index contributed by atoms with van der Waals surface area (Å²) < 4.78 is 8.15. The molecule has 8 nitrogen and oxygen atoms in total. The predicted octanol–water partition coefficient (Wildman–Crippen LogP) is 3.66. The zero-order valence-electron chi connectivity index (χ0n) is 16.8. The van der Waals surface area contributed by atoms with Gasteiger partial charge in [-0.05, 0) is 50.6 Å². The van der Waals surface area contributed by atoms with E-state index in [1.54, 1.807) is 23.1 Å². The number of hydrogen-bond donors (Lipinski definition) is 1. The number of nitrogens with one attached hydrogen (secondary N) is 1. The Hall–Kier alpha value is -2.30. The van der Waals surface area contributed by atoms with E-state index in [1.165, 1.54) is 11.8 Å². The first kappa shape index (κ1) is 22.4. The molecule has 3 rings (SSSR count). The number of aromatic nitrogens is 5. The highest BCUT2D eigenvalue weighted by molar-refractivity contribution is 9.10. The number of ether oxygens (including phenoxy) is 1. The molecule has 0 aliphatic carbocycles. The van der Waals surface area contributed by atoms with Crippen LogP contribution in [0.3, 0.4) is 0 Å². The van der Waals surface area contributed by atoms with Crippen molar-refractivity contribution in [1.29, 1.82) is 0 Å². The highest BCUT2D eigenvalue weighted by atomic mass is 79.9. The van der Waals surface area contributed by atoms with Crippen molar-refractivity contribution in [1.82, 2.24) is 30.3 Å². The Kier molecular flexibility index (Phi) is 8.35. The van der Waals surface area contributed by atoms with Gasteiger partial charge < -0.3 is 10.1 Å². The first-order chi connectivity index (χ1) is 14.5. The summed E-state index contributed by atoms with van der Waals surface area (Å²) in [5.74, 6) is 0.194. The van der Waals surface area contributed by atoms with Gasteiger partial charge in [-0.2, -0.15) is 0 Å². The molecule has 0 fully saturated rings. The van der Waals surface area contributed by atoms with Gasteiger partial charge in [0.15, 0.2) is 10.9 Å². The number of carbonyl (C=O) groups is 1. The molecule has 0 atom stereocenters. The van der Waals surface area contributed by atoms with Crippen molar-refractivity contribution >= 4 is 33.6 Å². The fraction of sp³-hybridized carbons (Fsp3) is 0.350. The summed E-state index contributed by atoms with van der Waals surface area (Å²) in [5.41, 5.74) is 1.80. The molecule has 3 aromatic rings. The van der Waals surface area contributed by atoms with Crippen LogP contribution in [0.2, 0.25) is 0 Å². The van der Waals surface area contributed by atoms with Crippen molar-refractivity contribution < 1.29 is 9.53 Å². The maximum atomic E-state index is 12.8. The Morgan fingerprint density at radius 3 is 2.67 bits per heavy atom. The van der Waals surface area contributed by atoms with Crippen LogP contribution in [0.4, 0.5) is 0 Å². The van der Waals surface area contributed by atoms with E-state index in [9.17, 15) is 4.79 Å². The predicted molar refractivity (Wildman–Crippen MR) is 119 cm³/mol. The smallest absolute Gasteiger partial charge is 0.273 e. The van der Waals surface area contributed by atoms with Crippen LogP contribution in [0, 0.1) is 0 Å². The van der Waals surface area contributed by atoms with Crippen LogP contribution in [-0.4, -0.2) is 50.1 Å². The lowest BCUT2D eigenvalue weighted by molar-refractivity contribution is 0.0756. The highest BCUT2D eigenvalue weighted by Gasteiger charge is 2.21. The molecule has 1 N–H and O–H groups in total. The number of hydrogen-bond acceptors (Lipinski definition) is 7. The van der Waals surface area contributed by atoms with E-state index in [0.29, 0.717) is 35.4 Å². The largest absolute Gasteiger partial charge is 0.379 e. The summed E-state index contributed by atoms with van der Waals surface area (Å²) >= 11 is 4.86. The van der Waals surface area contributed by atoms with Gasteiger partial charge in [0.1, 0.15) is 0 Å². The van der Waals surface area contributed by atoms with Crippen LogP contribution in [0.1, 0.15) is 36.5 Å². The standard InChI is InChI=1S/C20H23BrN6O2S/c1-14(2)29-12-4-11-22-19(28)18-17(13-30-20-23-9-3-10-24-20)27(26-25-18)16-7-5-15(21)6-8-16/h3,5-10,14H,4,11-13H2,1-2H3,(H,22,28). The topological polar surface area (TPSA) is 94.8 Å². The van der Waals surface area contributed by atoms with Gasteiger partial charge >= 0.3 is 0 Å². The Bertz CT molecular complexity index is 950. The van der Waals surface area contributed by atoms with E-state index < -0.39 is 0 Å². The van der Waals surface area contributed by atoms with Crippen LogP contribution in [0.25, 0.3) is 5.69 Å². The molecule has 0 aliphatic rings. The highest BCUT2D eigenvalue weighted by Crippen LogP contribution is 2.23. The second kappa shape index (κ2) is 11.2. The molecule has 0 bridgehead atoms. The molecule has 1 amide bonds. The lowest BCUT2D eigenvalue weighted by Crippen LogP contribution is -2.27. The zero-order valence-corrected chi connectivity index (χ0v) is 19.2. The van der Waals surface area contributed by atoms with Gasteiger partial charge in [-0.3, -0.25) is 4.79 Å². The van der Waals surface area contributed by atoms with Crippen molar-refractivity contribution in [2.24, 2.45) is 0 Å². The molecule has 30 heavy (non-hydrogen) atoms. The molecule has 10 heteroatoms. The van der Waals surface area contributed by atoms with Crippen molar-refractivity contribution in [3.8, 4) is 5.69 Å². The van der Waals surface area contributed by atoms with E-state index in [2.05, 4.69) is 41.5 Å². The van der Waals surface area contributed by atoms with Gasteiger partial charge in [0.2, 0.25) is 0 Å². The summed E-state index contributed by atoms with van der Waals surface area (Å²) in [6.45, 7) is 5.07. The molecule has 1 aromatic carbocycles. The summed E-state index contributed by atoms with van der Waals surface area (Å²) in [6, 6.07) is 9.43. The number of thioether (sulfide) groups is 1. The normalized spacial score (nSPS) is 11.1. The van der Waals surface area contributed by atoms with E-state index in [1.807, 2.05) is 38.1 Å². The third-order valence-electron chi connectivity index (χ3n) is 3.99. The monoisotopic (exact) mass is 490 g/mol. The second-order valence-electron chi connectivity index (χ2n) is 6.62. The van der Waals surface area contributed by atoms with Crippen molar-refractivity contribution in [3.05, 3.63) is 58.6 Å². The summed E-state index contributed by atoms with van der Waals surface area (Å²) in [4.78, 5) is 21.2. The third kappa shape index (κ3) is 6.35. The molecule has 0 aliphatic heterocycles. The van der Waals surface area contributed by atoms with Crippen LogP contribution in [0.5, 0.6) is 0 Å². The minimum atomic E-state index is -0.257. The summed E-state index contributed by atoms with van der Waals surface area (Å²) in [5, 5.41) is 11.9. The molecule has 0 unspecified atom stereocenters. The molecule has 158 valence electrons. The number of carbonyl (C=O) groups excluding carboxylic acids is 1. The van der Waals surface area contributed by atoms with E-state index in [4.69, 9.17) is 4.74 Å². The zero-order chi connectivity index (χ0) is 21.3. The maximum Gasteiger partial charge on any atom is 0.273 e.